The number of carbonyl (C=O) groups excluding carboxylic acids is 2. The number of benzene rings is 2. The van der Waals surface area contributed by atoms with E-state index in [1.807, 2.05) is 54.3 Å². The van der Waals surface area contributed by atoms with Crippen LogP contribution in [0.3, 0.4) is 0 Å². The van der Waals surface area contributed by atoms with Gasteiger partial charge >= 0.3 is 0 Å². The number of aryl methyl sites for hydroxylation is 1. The van der Waals surface area contributed by atoms with Crippen LogP contribution in [-0.2, 0) is 9.59 Å². The molecule has 2 amide bonds. The minimum atomic E-state index is -0.623. The zero-order valence-electron chi connectivity index (χ0n) is 16.7. The van der Waals surface area contributed by atoms with Gasteiger partial charge in [0, 0.05) is 31.9 Å². The fourth-order valence-corrected chi connectivity index (χ4v) is 3.41. The third-order valence-electron chi connectivity index (χ3n) is 4.85. The van der Waals surface area contributed by atoms with E-state index in [9.17, 15) is 9.59 Å². The van der Waals surface area contributed by atoms with Gasteiger partial charge in [-0.3, -0.25) is 14.5 Å². The number of nitrogens with one attached hydrogen (secondary N) is 1. The van der Waals surface area contributed by atoms with E-state index in [2.05, 4.69) is 5.32 Å². The lowest BCUT2D eigenvalue weighted by Crippen LogP contribution is -2.53. The molecule has 1 N–H and O–H groups in total. The van der Waals surface area contributed by atoms with Crippen LogP contribution >= 0.6 is 11.6 Å². The van der Waals surface area contributed by atoms with Crippen LogP contribution in [0.5, 0.6) is 5.75 Å². The summed E-state index contributed by atoms with van der Waals surface area (Å²) < 4.78 is 5.80. The van der Waals surface area contributed by atoms with E-state index in [-0.39, 0.29) is 11.8 Å². The smallest absolute Gasteiger partial charge is 0.263 e. The summed E-state index contributed by atoms with van der Waals surface area (Å²) in [5.41, 5.74) is 1.80. The van der Waals surface area contributed by atoms with Crippen LogP contribution in [0.1, 0.15) is 12.5 Å². The van der Waals surface area contributed by atoms with Crippen molar-refractivity contribution in [1.29, 1.82) is 0 Å². The monoisotopic (exact) mass is 415 g/mol. The molecule has 2 aromatic carbocycles. The van der Waals surface area contributed by atoms with Crippen molar-refractivity contribution >= 4 is 29.1 Å². The van der Waals surface area contributed by atoms with Crippen molar-refractivity contribution in [3.05, 3.63) is 59.1 Å². The second kappa shape index (κ2) is 9.76. The van der Waals surface area contributed by atoms with Gasteiger partial charge in [0.2, 0.25) is 5.91 Å². The maximum absolute atomic E-state index is 12.7. The Bertz CT molecular complexity index is 852. The average Bonchev–Trinajstić information content (AvgIpc) is 2.71. The second-order valence-corrected chi connectivity index (χ2v) is 7.62. The molecular weight excluding hydrogens is 390 g/mol. The van der Waals surface area contributed by atoms with Gasteiger partial charge in [-0.05, 0) is 43.7 Å². The van der Waals surface area contributed by atoms with E-state index in [1.54, 1.807) is 17.9 Å². The first-order chi connectivity index (χ1) is 13.9. The number of hydrogen-bond donors (Lipinski definition) is 1. The molecule has 0 aromatic heterocycles. The minimum Gasteiger partial charge on any atom is -0.479 e. The van der Waals surface area contributed by atoms with Gasteiger partial charge in [-0.1, -0.05) is 35.9 Å². The lowest BCUT2D eigenvalue weighted by molar-refractivity contribution is -0.139. The zero-order valence-corrected chi connectivity index (χ0v) is 17.5. The van der Waals surface area contributed by atoms with Crippen molar-refractivity contribution in [2.45, 2.75) is 20.0 Å². The van der Waals surface area contributed by atoms with Crippen molar-refractivity contribution in [3.63, 3.8) is 0 Å². The van der Waals surface area contributed by atoms with Gasteiger partial charge in [0.15, 0.2) is 6.10 Å². The molecule has 29 heavy (non-hydrogen) atoms. The topological polar surface area (TPSA) is 61.9 Å². The molecule has 1 atom stereocenters. The molecular formula is C22H26ClN3O3. The van der Waals surface area contributed by atoms with Gasteiger partial charge in [-0.25, -0.2) is 0 Å². The molecule has 1 fully saturated rings. The summed E-state index contributed by atoms with van der Waals surface area (Å²) in [6.07, 6.45) is -0.623. The third-order valence-corrected chi connectivity index (χ3v) is 5.16. The highest BCUT2D eigenvalue weighted by Gasteiger charge is 2.27. The van der Waals surface area contributed by atoms with Crippen LogP contribution in [0.25, 0.3) is 0 Å². The molecule has 0 saturated carbocycles. The first-order valence-electron chi connectivity index (χ1n) is 9.71. The predicted molar refractivity (Wildman–Crippen MR) is 114 cm³/mol. The lowest BCUT2D eigenvalue weighted by Gasteiger charge is -2.35. The third kappa shape index (κ3) is 5.95. The lowest BCUT2D eigenvalue weighted by atomic mass is 10.2. The van der Waals surface area contributed by atoms with Crippen LogP contribution in [0.4, 0.5) is 5.69 Å². The van der Waals surface area contributed by atoms with Crippen LogP contribution in [0.15, 0.2) is 48.5 Å². The fourth-order valence-electron chi connectivity index (χ4n) is 3.25. The number of para-hydroxylation sites is 1. The summed E-state index contributed by atoms with van der Waals surface area (Å²) in [5.74, 6) is 0.390. The summed E-state index contributed by atoms with van der Waals surface area (Å²) in [7, 11) is 0. The van der Waals surface area contributed by atoms with Crippen molar-refractivity contribution in [1.82, 2.24) is 9.80 Å². The highest BCUT2D eigenvalue weighted by molar-refractivity contribution is 6.32. The van der Waals surface area contributed by atoms with E-state index in [4.69, 9.17) is 16.3 Å². The van der Waals surface area contributed by atoms with Gasteiger partial charge in [-0.2, -0.15) is 0 Å². The van der Waals surface area contributed by atoms with Crippen molar-refractivity contribution in [2.24, 2.45) is 0 Å². The largest absolute Gasteiger partial charge is 0.479 e. The fraction of sp³-hybridized carbons (Fsp3) is 0.364. The number of anilines is 1. The molecule has 7 heteroatoms. The standard InChI is InChI=1S/C22H26ClN3O3/c1-16-8-9-19(23)20(14-16)29-17(2)22(28)26-12-10-25(11-13-26)15-21(27)24-18-6-4-3-5-7-18/h3-9,14,17H,10-13,15H2,1-2H3,(H,24,27). The normalized spacial score (nSPS) is 15.6. The number of carbonyl (C=O) groups is 2. The Labute approximate surface area is 176 Å². The Morgan fingerprint density at radius 3 is 2.48 bits per heavy atom. The molecule has 0 spiro atoms. The zero-order chi connectivity index (χ0) is 20.8. The number of rotatable bonds is 6. The molecule has 2 aromatic rings. The van der Waals surface area contributed by atoms with E-state index in [0.29, 0.717) is 43.5 Å². The van der Waals surface area contributed by atoms with Crippen LogP contribution < -0.4 is 10.1 Å². The van der Waals surface area contributed by atoms with E-state index < -0.39 is 6.10 Å². The second-order valence-electron chi connectivity index (χ2n) is 7.21. The SMILES string of the molecule is Cc1ccc(Cl)c(OC(C)C(=O)N2CCN(CC(=O)Nc3ccccc3)CC2)c1. The molecule has 0 aliphatic carbocycles. The predicted octanol–water partition coefficient (Wildman–Crippen LogP) is 3.20. The Morgan fingerprint density at radius 2 is 1.79 bits per heavy atom. The minimum absolute atomic E-state index is 0.0539. The molecule has 3 rings (SSSR count). The number of nitrogens with zero attached hydrogens (tertiary/aromatic N) is 2. The first-order valence-corrected chi connectivity index (χ1v) is 10.1. The Kier molecular flexibility index (Phi) is 7.12. The molecule has 0 bridgehead atoms. The van der Waals surface area contributed by atoms with Crippen LogP contribution in [-0.4, -0.2) is 60.4 Å². The highest BCUT2D eigenvalue weighted by atomic mass is 35.5. The molecule has 154 valence electrons. The number of piperazine rings is 1. The van der Waals surface area contributed by atoms with Gasteiger partial charge in [0.05, 0.1) is 11.6 Å². The molecule has 1 aliphatic heterocycles. The molecule has 1 aliphatic rings. The maximum Gasteiger partial charge on any atom is 0.263 e. The van der Waals surface area contributed by atoms with E-state index in [0.717, 1.165) is 11.3 Å². The van der Waals surface area contributed by atoms with E-state index >= 15 is 0 Å². The van der Waals surface area contributed by atoms with Gasteiger partial charge in [0.1, 0.15) is 5.75 Å². The highest BCUT2D eigenvalue weighted by Crippen LogP contribution is 2.26. The van der Waals surface area contributed by atoms with Gasteiger partial charge in [-0.15, -0.1) is 0 Å². The molecule has 1 saturated heterocycles. The van der Waals surface area contributed by atoms with Gasteiger partial charge in [0.25, 0.3) is 5.91 Å². The first kappa shape index (κ1) is 21.1. The average molecular weight is 416 g/mol. The molecule has 1 heterocycles. The number of amides is 2. The van der Waals surface area contributed by atoms with Crippen LogP contribution in [0, 0.1) is 6.92 Å². The van der Waals surface area contributed by atoms with Crippen molar-refractivity contribution < 1.29 is 14.3 Å². The maximum atomic E-state index is 12.7. The summed E-state index contributed by atoms with van der Waals surface area (Å²) in [6.45, 7) is 6.41. The Balaban J connectivity index is 1.46. The summed E-state index contributed by atoms with van der Waals surface area (Å²) in [6, 6.07) is 14.9. The van der Waals surface area contributed by atoms with Crippen molar-refractivity contribution in [2.75, 3.05) is 38.0 Å². The number of hydrogen-bond acceptors (Lipinski definition) is 4. The molecule has 6 nitrogen and oxygen atoms in total. The summed E-state index contributed by atoms with van der Waals surface area (Å²) in [5, 5.41) is 3.38. The quantitative estimate of drug-likeness (QED) is 0.787. The summed E-state index contributed by atoms with van der Waals surface area (Å²) in [4.78, 5) is 28.8. The summed E-state index contributed by atoms with van der Waals surface area (Å²) >= 11 is 6.16. The van der Waals surface area contributed by atoms with Gasteiger partial charge < -0.3 is 15.0 Å². The number of ether oxygens (including phenoxy) is 1. The molecule has 0 radical (unpaired) electrons. The van der Waals surface area contributed by atoms with Crippen molar-refractivity contribution in [3.8, 4) is 5.75 Å². The van der Waals surface area contributed by atoms with Crippen LogP contribution in [0.2, 0.25) is 5.02 Å². The number of halogens is 1. The Hall–Kier alpha value is -2.57. The van der Waals surface area contributed by atoms with E-state index in [1.165, 1.54) is 0 Å². The molecule has 1 unspecified atom stereocenters. The Morgan fingerprint density at radius 1 is 1.10 bits per heavy atom.